The molecule has 1 saturated heterocycles. The Morgan fingerprint density at radius 1 is 1.13 bits per heavy atom. The van der Waals surface area contributed by atoms with Gasteiger partial charge in [0.25, 0.3) is 5.91 Å². The lowest BCUT2D eigenvalue weighted by molar-refractivity contribution is -0.136. The lowest BCUT2D eigenvalue weighted by Crippen LogP contribution is -2.51. The van der Waals surface area contributed by atoms with E-state index in [1.165, 1.54) is 12.1 Å². The Morgan fingerprint density at radius 3 is 2.65 bits per heavy atom. The topological polar surface area (TPSA) is 74.2 Å². The Balaban J connectivity index is 1.22. The number of amides is 2. The fourth-order valence-corrected chi connectivity index (χ4v) is 3.82. The van der Waals surface area contributed by atoms with E-state index in [9.17, 15) is 14.0 Å². The predicted octanol–water partition coefficient (Wildman–Crippen LogP) is 2.44. The number of carbonyl (C=O) groups excluding carboxylic acids is 2. The third kappa shape index (κ3) is 5.14. The Labute approximate surface area is 184 Å². The molecule has 2 aromatic carbocycles. The first-order valence-corrected chi connectivity index (χ1v) is 10.4. The third-order valence-corrected chi connectivity index (χ3v) is 5.57. The molecule has 4 rings (SSSR count). The molecule has 0 aromatic heterocycles. The van der Waals surface area contributed by atoms with Crippen LogP contribution in [0.5, 0.6) is 0 Å². The number of rotatable bonds is 5. The van der Waals surface area contributed by atoms with E-state index >= 15 is 0 Å². The highest BCUT2D eigenvalue weighted by Gasteiger charge is 2.30. The van der Waals surface area contributed by atoms with Crippen LogP contribution in [0.2, 0.25) is 5.02 Å². The van der Waals surface area contributed by atoms with Gasteiger partial charge in [-0.3, -0.25) is 9.59 Å². The van der Waals surface area contributed by atoms with Crippen molar-refractivity contribution in [3.05, 3.63) is 64.9 Å². The van der Waals surface area contributed by atoms with Gasteiger partial charge >= 0.3 is 0 Å². The second-order valence-electron chi connectivity index (χ2n) is 7.41. The summed E-state index contributed by atoms with van der Waals surface area (Å²) in [6.45, 7) is 2.40. The number of hydrogen-bond acceptors (Lipinski definition) is 5. The van der Waals surface area contributed by atoms with Crippen molar-refractivity contribution in [1.29, 1.82) is 0 Å². The average molecular weight is 445 g/mol. The molecule has 0 radical (unpaired) electrons. The van der Waals surface area contributed by atoms with Gasteiger partial charge in [-0.1, -0.05) is 35.0 Å². The van der Waals surface area contributed by atoms with E-state index in [0.717, 1.165) is 5.69 Å². The van der Waals surface area contributed by atoms with Gasteiger partial charge in [-0.2, -0.15) is 0 Å². The van der Waals surface area contributed by atoms with Crippen molar-refractivity contribution in [2.24, 2.45) is 5.16 Å². The van der Waals surface area contributed by atoms with E-state index < -0.39 is 12.0 Å². The standard InChI is InChI=1S/C22H22ClFN4O3/c23-16-4-2-6-18(12-16)27-7-9-28(10-8-27)21(29)14-25-22(30)20-13-19(26-31-20)15-3-1-5-17(24)11-15/h1-6,11-12,20H,7-10,13-14H2,(H,25,30). The highest BCUT2D eigenvalue weighted by molar-refractivity contribution is 6.30. The van der Waals surface area contributed by atoms with E-state index in [2.05, 4.69) is 15.4 Å². The molecule has 1 N–H and O–H groups in total. The Bertz CT molecular complexity index is 1010. The second kappa shape index (κ2) is 9.34. The van der Waals surface area contributed by atoms with Crippen LogP contribution in [-0.4, -0.2) is 61.3 Å². The quantitative estimate of drug-likeness (QED) is 0.768. The molecular formula is C22H22ClFN4O3. The van der Waals surface area contributed by atoms with Crippen LogP contribution in [0.4, 0.5) is 10.1 Å². The van der Waals surface area contributed by atoms with Crippen molar-refractivity contribution < 1.29 is 18.8 Å². The van der Waals surface area contributed by atoms with Crippen LogP contribution in [-0.2, 0) is 14.4 Å². The molecule has 7 nitrogen and oxygen atoms in total. The highest BCUT2D eigenvalue weighted by atomic mass is 35.5. The van der Waals surface area contributed by atoms with Gasteiger partial charge in [0.2, 0.25) is 12.0 Å². The third-order valence-electron chi connectivity index (χ3n) is 5.34. The first-order valence-electron chi connectivity index (χ1n) is 10.0. The summed E-state index contributed by atoms with van der Waals surface area (Å²) in [5.41, 5.74) is 2.10. The number of carbonyl (C=O) groups is 2. The van der Waals surface area contributed by atoms with Crippen molar-refractivity contribution in [3.63, 3.8) is 0 Å². The average Bonchev–Trinajstić information content (AvgIpc) is 3.28. The summed E-state index contributed by atoms with van der Waals surface area (Å²) in [6.07, 6.45) is -0.604. The molecule has 2 heterocycles. The van der Waals surface area contributed by atoms with Crippen LogP contribution in [0, 0.1) is 5.82 Å². The SMILES string of the molecule is O=C(NCC(=O)N1CCN(c2cccc(Cl)c2)CC1)C1CC(c2cccc(F)c2)=NO1. The predicted molar refractivity (Wildman–Crippen MR) is 116 cm³/mol. The Hall–Kier alpha value is -3.13. The second-order valence-corrected chi connectivity index (χ2v) is 7.85. The van der Waals surface area contributed by atoms with Crippen molar-refractivity contribution in [2.45, 2.75) is 12.5 Å². The zero-order valence-electron chi connectivity index (χ0n) is 16.8. The molecule has 2 aliphatic rings. The van der Waals surface area contributed by atoms with Crippen molar-refractivity contribution in [3.8, 4) is 0 Å². The molecule has 162 valence electrons. The number of nitrogens with one attached hydrogen (secondary N) is 1. The van der Waals surface area contributed by atoms with E-state index in [1.54, 1.807) is 17.0 Å². The van der Waals surface area contributed by atoms with Gasteiger partial charge in [0, 0.05) is 48.9 Å². The van der Waals surface area contributed by atoms with Crippen LogP contribution in [0.15, 0.2) is 53.7 Å². The number of piperazine rings is 1. The summed E-state index contributed by atoms with van der Waals surface area (Å²) >= 11 is 6.05. The van der Waals surface area contributed by atoms with Gasteiger partial charge in [-0.15, -0.1) is 0 Å². The van der Waals surface area contributed by atoms with Gasteiger partial charge < -0.3 is 20.0 Å². The van der Waals surface area contributed by atoms with Crippen molar-refractivity contribution in [2.75, 3.05) is 37.6 Å². The lowest BCUT2D eigenvalue weighted by atomic mass is 10.0. The molecule has 1 unspecified atom stereocenters. The Morgan fingerprint density at radius 2 is 1.90 bits per heavy atom. The van der Waals surface area contributed by atoms with Gasteiger partial charge in [-0.05, 0) is 30.3 Å². The van der Waals surface area contributed by atoms with Crippen LogP contribution < -0.4 is 10.2 Å². The summed E-state index contributed by atoms with van der Waals surface area (Å²) in [6, 6.07) is 13.6. The summed E-state index contributed by atoms with van der Waals surface area (Å²) in [5, 5.41) is 7.19. The minimum atomic E-state index is -0.828. The van der Waals surface area contributed by atoms with Gasteiger partial charge in [-0.25, -0.2) is 4.39 Å². The van der Waals surface area contributed by atoms with Gasteiger partial charge in [0.15, 0.2) is 0 Å². The lowest BCUT2D eigenvalue weighted by Gasteiger charge is -2.36. The molecule has 1 fully saturated rings. The Kier molecular flexibility index (Phi) is 6.36. The van der Waals surface area contributed by atoms with Crippen LogP contribution >= 0.6 is 11.6 Å². The van der Waals surface area contributed by atoms with E-state index in [1.807, 2.05) is 24.3 Å². The number of nitrogens with zero attached hydrogens (tertiary/aromatic N) is 3. The number of hydrogen-bond donors (Lipinski definition) is 1. The fourth-order valence-electron chi connectivity index (χ4n) is 3.63. The molecule has 2 amide bonds. The number of anilines is 1. The number of benzene rings is 2. The molecule has 2 aliphatic heterocycles. The monoisotopic (exact) mass is 444 g/mol. The van der Waals surface area contributed by atoms with E-state index in [-0.39, 0.29) is 24.7 Å². The fraction of sp³-hybridized carbons (Fsp3) is 0.318. The smallest absolute Gasteiger partial charge is 0.264 e. The normalized spacial score (nSPS) is 18.4. The summed E-state index contributed by atoms with van der Waals surface area (Å²) in [4.78, 5) is 34.0. The first kappa shape index (κ1) is 21.1. The zero-order valence-corrected chi connectivity index (χ0v) is 17.5. The number of halogens is 2. The van der Waals surface area contributed by atoms with Crippen molar-refractivity contribution >= 4 is 34.8 Å². The molecule has 1 atom stereocenters. The molecule has 0 saturated carbocycles. The highest BCUT2D eigenvalue weighted by Crippen LogP contribution is 2.21. The van der Waals surface area contributed by atoms with E-state index in [4.69, 9.17) is 16.4 Å². The molecule has 31 heavy (non-hydrogen) atoms. The molecule has 9 heteroatoms. The minimum absolute atomic E-state index is 0.106. The van der Waals surface area contributed by atoms with Crippen molar-refractivity contribution in [1.82, 2.24) is 10.2 Å². The van der Waals surface area contributed by atoms with Gasteiger partial charge in [0.05, 0.1) is 12.3 Å². The van der Waals surface area contributed by atoms with Crippen LogP contribution in [0.3, 0.4) is 0 Å². The summed E-state index contributed by atoms with van der Waals surface area (Å²) < 4.78 is 13.4. The molecule has 0 aliphatic carbocycles. The molecule has 0 bridgehead atoms. The maximum absolute atomic E-state index is 13.4. The zero-order chi connectivity index (χ0) is 21.8. The molecule has 0 spiro atoms. The first-order chi connectivity index (χ1) is 15.0. The summed E-state index contributed by atoms with van der Waals surface area (Å²) in [7, 11) is 0. The van der Waals surface area contributed by atoms with E-state index in [0.29, 0.717) is 42.5 Å². The van der Waals surface area contributed by atoms with Crippen LogP contribution in [0.1, 0.15) is 12.0 Å². The largest absolute Gasteiger partial charge is 0.382 e. The van der Waals surface area contributed by atoms with Gasteiger partial charge in [0.1, 0.15) is 5.82 Å². The maximum Gasteiger partial charge on any atom is 0.264 e. The maximum atomic E-state index is 13.4. The summed E-state index contributed by atoms with van der Waals surface area (Å²) in [5.74, 6) is -0.946. The molecule has 2 aromatic rings. The molecular weight excluding hydrogens is 423 g/mol. The van der Waals surface area contributed by atoms with Crippen LogP contribution in [0.25, 0.3) is 0 Å². The number of oxime groups is 1. The minimum Gasteiger partial charge on any atom is -0.382 e.